The van der Waals surface area contributed by atoms with Gasteiger partial charge in [0.2, 0.25) is 0 Å². The predicted octanol–water partition coefficient (Wildman–Crippen LogP) is 9.90. The first-order chi connectivity index (χ1) is 50.1. The predicted molar refractivity (Wildman–Crippen MR) is 380 cm³/mol. The Hall–Kier alpha value is -11.9. The van der Waals surface area contributed by atoms with Gasteiger partial charge in [-0.3, -0.25) is 9.59 Å². The number of oxime groups is 3. The van der Waals surface area contributed by atoms with E-state index in [9.17, 15) is 23.9 Å². The maximum Gasteiger partial charge on any atom is 1.00 e. The molecule has 9 aromatic rings. The van der Waals surface area contributed by atoms with Gasteiger partial charge >= 0.3 is 41.5 Å². The van der Waals surface area contributed by atoms with E-state index < -0.39 is 23.7 Å². The van der Waals surface area contributed by atoms with Crippen molar-refractivity contribution in [2.24, 2.45) is 15.5 Å². The van der Waals surface area contributed by atoms with E-state index in [1.54, 1.807) is 80.9 Å². The summed E-state index contributed by atoms with van der Waals surface area (Å²) in [4.78, 5) is 47.0. The van der Waals surface area contributed by atoms with Gasteiger partial charge in [-0.25, -0.2) is 4.39 Å². The Kier molecular flexibility index (Phi) is 34.6. The third kappa shape index (κ3) is 27.9. The Morgan fingerprint density at radius 3 is 1.21 bits per heavy atom. The van der Waals surface area contributed by atoms with E-state index in [1.165, 1.54) is 33.5 Å². The van der Waals surface area contributed by atoms with Crippen molar-refractivity contribution in [1.29, 1.82) is 10.5 Å². The van der Waals surface area contributed by atoms with E-state index in [4.69, 9.17) is 73.1 Å². The molecule has 0 fully saturated rings. The first-order valence-electron chi connectivity index (χ1n) is 32.2. The number of ether oxygens (including phenoxy) is 8. The maximum absolute atomic E-state index is 14.1. The van der Waals surface area contributed by atoms with Crippen molar-refractivity contribution >= 4 is 35.0 Å². The van der Waals surface area contributed by atoms with Crippen LogP contribution in [0.2, 0.25) is 0 Å². The molecule has 0 radical (unpaired) electrons. The number of aliphatic carboxylic acids is 3. The Labute approximate surface area is 624 Å². The summed E-state index contributed by atoms with van der Waals surface area (Å²) in [5, 5.41) is 58.5. The maximum atomic E-state index is 14.1. The number of nitriles is 2. The van der Waals surface area contributed by atoms with Gasteiger partial charge in [0.05, 0.1) is 38.3 Å². The van der Waals surface area contributed by atoms with Gasteiger partial charge < -0.3 is 72.5 Å². The van der Waals surface area contributed by atoms with E-state index >= 15 is 0 Å². The van der Waals surface area contributed by atoms with E-state index in [1.807, 2.05) is 127 Å². The minimum absolute atomic E-state index is 0. The second-order valence-electron chi connectivity index (χ2n) is 22.3. The number of benzene rings is 9. The molecule has 0 heterocycles. The smallest absolute Gasteiger partial charge is 0.550 e. The molecule has 0 aliphatic rings. The third-order valence-corrected chi connectivity index (χ3v) is 15.1. The molecular formula is C80H77FN5NaO17. The third-order valence-electron chi connectivity index (χ3n) is 15.1. The summed E-state index contributed by atoms with van der Waals surface area (Å²) >= 11 is 0. The van der Waals surface area contributed by atoms with Crippen molar-refractivity contribution in [3.8, 4) is 58.1 Å². The largest absolute Gasteiger partial charge is 1.00 e. The van der Waals surface area contributed by atoms with Crippen LogP contribution in [0.1, 0.15) is 80.5 Å². The van der Waals surface area contributed by atoms with Crippen LogP contribution in [0.4, 0.5) is 4.39 Å². The normalized spacial score (nSPS) is 10.8. The molecule has 104 heavy (non-hydrogen) atoms. The fourth-order valence-electron chi connectivity index (χ4n) is 9.72. The zero-order valence-corrected chi connectivity index (χ0v) is 60.5. The Morgan fingerprint density at radius 2 is 0.808 bits per heavy atom. The number of rotatable bonds is 36. The molecule has 0 amide bonds. The molecule has 0 unspecified atom stereocenters. The number of hydrogen-bond acceptors (Lipinski definition) is 20. The van der Waals surface area contributed by atoms with Crippen molar-refractivity contribution in [2.45, 2.75) is 64.8 Å². The van der Waals surface area contributed by atoms with Gasteiger partial charge in [0.1, 0.15) is 130 Å². The van der Waals surface area contributed by atoms with Crippen LogP contribution in [0.25, 0.3) is 0 Å². The number of halogens is 1. The second-order valence-corrected chi connectivity index (χ2v) is 22.3. The van der Waals surface area contributed by atoms with E-state index in [-0.39, 0.29) is 88.1 Å². The quantitative estimate of drug-likeness (QED) is 0.0210. The van der Waals surface area contributed by atoms with E-state index in [2.05, 4.69) is 27.6 Å². The average molecular weight is 1420 g/mol. The first-order valence-corrected chi connectivity index (χ1v) is 32.2. The molecule has 24 heteroatoms. The van der Waals surface area contributed by atoms with Crippen LogP contribution in [0.15, 0.2) is 222 Å². The monoisotopic (exact) mass is 1420 g/mol. The summed E-state index contributed by atoms with van der Waals surface area (Å²) in [5.41, 5.74) is 10.6. The van der Waals surface area contributed by atoms with Crippen molar-refractivity contribution in [1.82, 2.24) is 0 Å². The van der Waals surface area contributed by atoms with Crippen molar-refractivity contribution in [3.63, 3.8) is 0 Å². The van der Waals surface area contributed by atoms with Gasteiger partial charge in [-0.05, 0) is 162 Å². The second kappa shape index (κ2) is 44.4. The van der Waals surface area contributed by atoms with Gasteiger partial charge in [-0.1, -0.05) is 113 Å². The first kappa shape index (κ1) is 81.1. The van der Waals surface area contributed by atoms with Crippen LogP contribution in [0, 0.1) is 28.5 Å². The number of carboxylic acids is 3. The fourth-order valence-corrected chi connectivity index (χ4v) is 9.72. The summed E-state index contributed by atoms with van der Waals surface area (Å²) in [6, 6.07) is 65.9. The van der Waals surface area contributed by atoms with Gasteiger partial charge in [0.15, 0.2) is 0 Å². The van der Waals surface area contributed by atoms with Gasteiger partial charge in [-0.2, -0.15) is 10.5 Å². The molecule has 22 nitrogen and oxygen atoms in total. The van der Waals surface area contributed by atoms with Gasteiger partial charge in [0, 0.05) is 47.6 Å². The van der Waals surface area contributed by atoms with Gasteiger partial charge in [-0.15, -0.1) is 0 Å². The van der Waals surface area contributed by atoms with Crippen LogP contribution in [-0.2, 0) is 74.4 Å². The minimum Gasteiger partial charge on any atom is -0.550 e. The molecule has 2 N–H and O–H groups in total. The number of carbonyl (C=O) groups is 3. The molecule has 0 aliphatic carbocycles. The molecule has 0 saturated heterocycles. The number of hydrogen-bond donors (Lipinski definition) is 2. The van der Waals surface area contributed by atoms with Crippen LogP contribution >= 0.6 is 0 Å². The number of carbonyl (C=O) groups excluding carboxylic acids is 1. The zero-order valence-electron chi connectivity index (χ0n) is 58.5. The zero-order chi connectivity index (χ0) is 73.6. The van der Waals surface area contributed by atoms with Crippen molar-refractivity contribution < 1.29 is 116 Å². The molecule has 0 aliphatic heterocycles. The van der Waals surface area contributed by atoms with Gasteiger partial charge in [0.25, 0.3) is 0 Å². The summed E-state index contributed by atoms with van der Waals surface area (Å²) in [7, 11) is 7.60. The fraction of sp³-hybridized carbons (Fsp3) is 0.225. The molecule has 0 atom stereocenters. The van der Waals surface area contributed by atoms with Crippen molar-refractivity contribution in [2.75, 3.05) is 55.4 Å². The molecule has 9 aromatic carbocycles. The number of carboxylic acid groups (broad SMARTS) is 3. The molecule has 9 rings (SSSR count). The molecule has 0 aromatic heterocycles. The van der Waals surface area contributed by atoms with Crippen LogP contribution in [0.3, 0.4) is 0 Å². The van der Waals surface area contributed by atoms with E-state index in [0.29, 0.717) is 94.6 Å². The Morgan fingerprint density at radius 1 is 0.423 bits per heavy atom. The van der Waals surface area contributed by atoms with E-state index in [0.717, 1.165) is 55.8 Å². The molecular weight excluding hydrogens is 1340 g/mol. The molecule has 532 valence electrons. The summed E-state index contributed by atoms with van der Waals surface area (Å²) in [5.74, 6) is 1.53. The Bertz CT molecular complexity index is 4360. The summed E-state index contributed by atoms with van der Waals surface area (Å²) in [6.45, 7) is 1.60. The molecule has 0 saturated carbocycles. The average Bonchev–Trinajstić information content (AvgIpc) is 0.858. The number of aryl methyl sites for hydroxylation is 3. The van der Waals surface area contributed by atoms with Crippen molar-refractivity contribution in [3.05, 3.63) is 273 Å². The number of methoxy groups -OCH3 is 2. The summed E-state index contributed by atoms with van der Waals surface area (Å²) in [6.07, 6.45) is 0.886. The topological polar surface area (TPSA) is 301 Å². The van der Waals surface area contributed by atoms with Crippen LogP contribution in [0.5, 0.6) is 46.0 Å². The summed E-state index contributed by atoms with van der Waals surface area (Å²) < 4.78 is 59.6. The molecule has 0 spiro atoms. The SMILES string of the molecule is CO/N=C(\COc1ccc(COc2ccc(CCC(=O)O)c(CC#N)c2)cc1)c1ccccc1.CO/N=C(\COc1ccc(COc2ccc(CCC(=O)O)c(OC)c2)cc1)c1ccc(C#N)cc1.CO/N=C(\COc1ccc(COc2ccc(CCC(=O)[O-])c(F)c2)cc1)c1ccc(OC)cc1.[Na+]. The molecule has 0 bridgehead atoms. The minimum atomic E-state index is -1.21. The standard InChI is InChI=1S/C27H26N2O6.C27H26N2O5.C26H26FNO6.Na/c1-32-26-15-24(13-9-22(26)10-14-27(30)31)34-17-20-5-11-23(12-6-20)35-18-25(29-33-2)21-7-3-19(16-28)4-8-21;1-32-29-26(22-5-3-2-4-6-22)19-34-24-11-7-20(8-12-24)18-33-25-13-9-21(10-14-27(30)31)23(17-25)15-16-28;1-31-21-11-6-20(7-12-21)25(28-32-2)17-34-22-9-3-18(4-10-22)16-33-23-13-5-19(24(27)15-23)8-14-26(29)30;/h3-9,11-13,15H,10,14,17-18H2,1-2H3,(H,30,31);2-9,11-13,17H,10,14-15,18-19H2,1H3,(H,30,31);3-7,9-13,15H,8,14,16-17H2,1-2H3,(H,29,30);/q;;;+1/p-1/b29-25+;29-26+;28-25+;. The number of nitrogens with zero attached hydrogens (tertiary/aromatic N) is 5. The Balaban J connectivity index is 0.000000244. The van der Waals surface area contributed by atoms with Crippen LogP contribution in [-0.4, -0.2) is 101 Å². The van der Waals surface area contributed by atoms with Crippen LogP contribution < -0.4 is 72.6 Å².